The molecule has 0 atom stereocenters. The number of hydrogen-bond acceptors (Lipinski definition) is 1. The molecule has 0 aliphatic carbocycles. The first-order valence-corrected chi connectivity index (χ1v) is 4.75. The van der Waals surface area contributed by atoms with Gasteiger partial charge in [0.05, 0.1) is 10.2 Å². The van der Waals surface area contributed by atoms with Gasteiger partial charge in [0.15, 0.2) is 6.29 Å². The number of aldehydes is 1. The Morgan fingerprint density at radius 2 is 2.23 bits per heavy atom. The van der Waals surface area contributed by atoms with Gasteiger partial charge in [-0.2, -0.15) is 0 Å². The van der Waals surface area contributed by atoms with Crippen molar-refractivity contribution in [2.24, 2.45) is 0 Å². The molecule has 66 valence electrons. The fraction of sp³-hybridized carbons (Fsp3) is 0.100. The summed E-state index contributed by atoms with van der Waals surface area (Å²) in [6, 6.07) is 5.90. The van der Waals surface area contributed by atoms with Crippen molar-refractivity contribution in [3.8, 4) is 0 Å². The van der Waals surface area contributed by atoms with E-state index >= 15 is 0 Å². The molecule has 1 heterocycles. The third-order valence-electron chi connectivity index (χ3n) is 2.15. The highest BCUT2D eigenvalue weighted by molar-refractivity contribution is 9.10. The first kappa shape index (κ1) is 8.51. The number of carbonyl (C=O) groups is 1. The highest BCUT2D eigenvalue weighted by atomic mass is 79.9. The quantitative estimate of drug-likeness (QED) is 0.761. The van der Waals surface area contributed by atoms with Gasteiger partial charge in [0, 0.05) is 10.9 Å². The second kappa shape index (κ2) is 3.00. The first-order chi connectivity index (χ1) is 6.24. The number of H-pyrrole nitrogens is 1. The van der Waals surface area contributed by atoms with E-state index in [9.17, 15) is 4.79 Å². The molecule has 0 spiro atoms. The maximum Gasteiger partial charge on any atom is 0.153 e. The van der Waals surface area contributed by atoms with Gasteiger partial charge >= 0.3 is 0 Å². The van der Waals surface area contributed by atoms with Gasteiger partial charge in [0.25, 0.3) is 0 Å². The average Bonchev–Trinajstić information content (AvgIpc) is 2.43. The molecule has 0 saturated carbocycles. The summed E-state index contributed by atoms with van der Waals surface area (Å²) in [5, 5.41) is 0.974. The molecule has 0 aliphatic rings. The van der Waals surface area contributed by atoms with Crippen molar-refractivity contribution in [2.45, 2.75) is 6.92 Å². The van der Waals surface area contributed by atoms with E-state index in [1.807, 2.05) is 25.1 Å². The van der Waals surface area contributed by atoms with Gasteiger partial charge in [-0.1, -0.05) is 18.2 Å². The second-order valence-electron chi connectivity index (χ2n) is 2.97. The van der Waals surface area contributed by atoms with Gasteiger partial charge in [-0.05, 0) is 28.4 Å². The Hall–Kier alpha value is -1.09. The molecule has 0 bridgehead atoms. The van der Waals surface area contributed by atoms with E-state index < -0.39 is 0 Å². The van der Waals surface area contributed by atoms with Crippen molar-refractivity contribution >= 4 is 33.1 Å². The molecule has 2 aromatic rings. The number of fused-ring (bicyclic) bond motifs is 1. The van der Waals surface area contributed by atoms with Crippen molar-refractivity contribution in [2.75, 3.05) is 0 Å². The summed E-state index contributed by atoms with van der Waals surface area (Å²) in [6.07, 6.45) is 0.863. The lowest BCUT2D eigenvalue weighted by atomic mass is 10.1. The molecule has 0 amide bonds. The monoisotopic (exact) mass is 237 g/mol. The van der Waals surface area contributed by atoms with Crippen LogP contribution in [0.5, 0.6) is 0 Å². The molecule has 0 unspecified atom stereocenters. The fourth-order valence-electron chi connectivity index (χ4n) is 1.47. The number of rotatable bonds is 1. The summed E-state index contributed by atoms with van der Waals surface area (Å²) in [5.74, 6) is 0. The number of halogens is 1. The number of hydrogen-bond donors (Lipinski definition) is 1. The SMILES string of the molecule is Cc1cccc2c(C=O)c(Br)[nH]c12. The van der Waals surface area contributed by atoms with Crippen LogP contribution < -0.4 is 0 Å². The summed E-state index contributed by atoms with van der Waals surface area (Å²) in [4.78, 5) is 13.9. The summed E-state index contributed by atoms with van der Waals surface area (Å²) >= 11 is 3.32. The van der Waals surface area contributed by atoms with Crippen molar-refractivity contribution in [3.05, 3.63) is 33.9 Å². The molecule has 2 rings (SSSR count). The zero-order valence-corrected chi connectivity index (χ0v) is 8.68. The number of nitrogens with one attached hydrogen (secondary N) is 1. The lowest BCUT2D eigenvalue weighted by molar-refractivity contribution is 0.112. The molecule has 0 saturated heterocycles. The second-order valence-corrected chi connectivity index (χ2v) is 3.76. The Kier molecular flexibility index (Phi) is 1.96. The maximum absolute atomic E-state index is 10.8. The number of aromatic amines is 1. The Morgan fingerprint density at radius 3 is 2.92 bits per heavy atom. The molecule has 0 radical (unpaired) electrons. The molecule has 0 aliphatic heterocycles. The average molecular weight is 238 g/mol. The van der Waals surface area contributed by atoms with Gasteiger partial charge in [-0.15, -0.1) is 0 Å². The highest BCUT2D eigenvalue weighted by Crippen LogP contribution is 2.26. The van der Waals surface area contributed by atoms with E-state index in [-0.39, 0.29) is 0 Å². The Morgan fingerprint density at radius 1 is 1.46 bits per heavy atom. The van der Waals surface area contributed by atoms with Crippen molar-refractivity contribution < 1.29 is 4.79 Å². The number of carbonyl (C=O) groups excluding carboxylic acids is 1. The number of para-hydroxylation sites is 1. The highest BCUT2D eigenvalue weighted by Gasteiger charge is 2.08. The molecular formula is C10H8BrNO. The van der Waals surface area contributed by atoms with Crippen molar-refractivity contribution in [1.29, 1.82) is 0 Å². The third-order valence-corrected chi connectivity index (χ3v) is 2.78. The molecule has 13 heavy (non-hydrogen) atoms. The topological polar surface area (TPSA) is 32.9 Å². The Labute approximate surface area is 84.1 Å². The van der Waals surface area contributed by atoms with Crippen LogP contribution >= 0.6 is 15.9 Å². The minimum atomic E-state index is 0.693. The molecular weight excluding hydrogens is 230 g/mol. The number of benzene rings is 1. The predicted octanol–water partition coefficient (Wildman–Crippen LogP) is 3.05. The van der Waals surface area contributed by atoms with Crippen LogP contribution in [0.2, 0.25) is 0 Å². The molecule has 2 nitrogen and oxygen atoms in total. The van der Waals surface area contributed by atoms with E-state index in [0.717, 1.165) is 27.4 Å². The maximum atomic E-state index is 10.8. The van der Waals surface area contributed by atoms with Crippen LogP contribution in [0, 0.1) is 6.92 Å². The van der Waals surface area contributed by atoms with E-state index in [2.05, 4.69) is 20.9 Å². The zero-order chi connectivity index (χ0) is 9.42. The molecule has 0 fully saturated rings. The standard InChI is InChI=1S/C10H8BrNO/c1-6-3-2-4-7-8(5-13)10(11)12-9(6)7/h2-5,12H,1H3. The summed E-state index contributed by atoms with van der Waals surface area (Å²) in [6.45, 7) is 2.01. The van der Waals surface area contributed by atoms with Gasteiger partial charge in [-0.25, -0.2) is 0 Å². The van der Waals surface area contributed by atoms with E-state index in [1.54, 1.807) is 0 Å². The molecule has 1 aromatic heterocycles. The first-order valence-electron chi connectivity index (χ1n) is 3.96. The molecule has 1 aromatic carbocycles. The fourth-order valence-corrected chi connectivity index (χ4v) is 1.97. The predicted molar refractivity (Wildman–Crippen MR) is 56.1 cm³/mol. The van der Waals surface area contributed by atoms with Crippen LogP contribution in [0.3, 0.4) is 0 Å². The molecule has 1 N–H and O–H groups in total. The van der Waals surface area contributed by atoms with Crippen LogP contribution in [0.4, 0.5) is 0 Å². The van der Waals surface area contributed by atoms with Crippen LogP contribution in [-0.4, -0.2) is 11.3 Å². The van der Waals surface area contributed by atoms with Crippen LogP contribution in [-0.2, 0) is 0 Å². The summed E-state index contributed by atoms with van der Waals surface area (Å²) in [5.41, 5.74) is 2.86. The van der Waals surface area contributed by atoms with Crippen LogP contribution in [0.15, 0.2) is 22.8 Å². The van der Waals surface area contributed by atoms with Crippen molar-refractivity contribution in [3.63, 3.8) is 0 Å². The molecule has 3 heteroatoms. The lowest BCUT2D eigenvalue weighted by Gasteiger charge is -1.93. The lowest BCUT2D eigenvalue weighted by Crippen LogP contribution is -1.77. The van der Waals surface area contributed by atoms with Crippen LogP contribution in [0.1, 0.15) is 15.9 Å². The Balaban J connectivity index is 2.93. The van der Waals surface area contributed by atoms with Crippen molar-refractivity contribution in [1.82, 2.24) is 4.98 Å². The largest absolute Gasteiger partial charge is 0.348 e. The normalized spacial score (nSPS) is 10.6. The summed E-state index contributed by atoms with van der Waals surface area (Å²) in [7, 11) is 0. The Bertz CT molecular complexity index is 473. The van der Waals surface area contributed by atoms with E-state index in [1.165, 1.54) is 0 Å². The smallest absolute Gasteiger partial charge is 0.153 e. The van der Waals surface area contributed by atoms with E-state index in [0.29, 0.717) is 5.56 Å². The van der Waals surface area contributed by atoms with Crippen LogP contribution in [0.25, 0.3) is 10.9 Å². The van der Waals surface area contributed by atoms with Gasteiger partial charge in [0.2, 0.25) is 0 Å². The minimum absolute atomic E-state index is 0.693. The number of aryl methyl sites for hydroxylation is 1. The third kappa shape index (κ3) is 1.20. The van der Waals surface area contributed by atoms with E-state index in [4.69, 9.17) is 0 Å². The zero-order valence-electron chi connectivity index (χ0n) is 7.10. The minimum Gasteiger partial charge on any atom is -0.348 e. The summed E-state index contributed by atoms with van der Waals surface area (Å²) < 4.78 is 0.756. The number of aromatic nitrogens is 1. The van der Waals surface area contributed by atoms with Gasteiger partial charge in [0.1, 0.15) is 0 Å². The van der Waals surface area contributed by atoms with Gasteiger partial charge in [-0.3, -0.25) is 4.79 Å². The van der Waals surface area contributed by atoms with Gasteiger partial charge < -0.3 is 4.98 Å².